The van der Waals surface area contributed by atoms with Gasteiger partial charge in [-0.15, -0.1) is 0 Å². The highest BCUT2D eigenvalue weighted by Gasteiger charge is 2.27. The highest BCUT2D eigenvalue weighted by Crippen LogP contribution is 2.37. The Balaban J connectivity index is 0.000000491. The third-order valence-corrected chi connectivity index (χ3v) is 4.46. The average molecular weight is 380 g/mol. The molecule has 21 heavy (non-hydrogen) atoms. The predicted octanol–water partition coefficient (Wildman–Crippen LogP) is 4.42. The molecule has 6 heteroatoms. The van der Waals surface area contributed by atoms with Crippen molar-refractivity contribution in [2.45, 2.75) is 31.6 Å². The first kappa shape index (κ1) is 18.1. The molecule has 3 nitrogen and oxygen atoms in total. The van der Waals surface area contributed by atoms with Crippen LogP contribution < -0.4 is 0 Å². The molecule has 1 aliphatic carbocycles. The van der Waals surface area contributed by atoms with Crippen LogP contribution in [0.4, 0.5) is 4.39 Å². The van der Waals surface area contributed by atoms with Crippen molar-refractivity contribution >= 4 is 39.2 Å². The van der Waals surface area contributed by atoms with Crippen molar-refractivity contribution in [3.05, 3.63) is 34.1 Å². The summed E-state index contributed by atoms with van der Waals surface area (Å²) in [4.78, 5) is 20.1. The Hall–Kier alpha value is -0.940. The van der Waals surface area contributed by atoms with Crippen LogP contribution in [0.25, 0.3) is 0 Å². The Morgan fingerprint density at radius 3 is 2.67 bits per heavy atom. The van der Waals surface area contributed by atoms with Crippen molar-refractivity contribution in [2.75, 3.05) is 7.11 Å². The van der Waals surface area contributed by atoms with Crippen LogP contribution in [0.1, 0.15) is 37.2 Å². The Morgan fingerprint density at radius 2 is 2.14 bits per heavy atom. The number of hydrogen-bond donors (Lipinski definition) is 0. The standard InChI is InChI=1S/C13H13BrClFO.C2H4O2/c14-11-5-4-9(7-12(11)16)8-2-1-3-10(6-8)13(15)17;1-4-2-3/h4-5,7-8,10H,1-3,6H2;2H,1H3. The maximum Gasteiger partial charge on any atom is 0.292 e. The van der Waals surface area contributed by atoms with Gasteiger partial charge in [0.25, 0.3) is 6.47 Å². The van der Waals surface area contributed by atoms with Gasteiger partial charge in [-0.2, -0.15) is 0 Å². The molecule has 2 rings (SSSR count). The quantitative estimate of drug-likeness (QED) is 0.577. The first-order chi connectivity index (χ1) is 9.99. The van der Waals surface area contributed by atoms with E-state index in [1.54, 1.807) is 12.1 Å². The summed E-state index contributed by atoms with van der Waals surface area (Å²) < 4.78 is 17.8. The van der Waals surface area contributed by atoms with Crippen LogP contribution in [-0.4, -0.2) is 18.8 Å². The van der Waals surface area contributed by atoms with Gasteiger partial charge in [0, 0.05) is 5.92 Å². The van der Waals surface area contributed by atoms with Crippen LogP contribution in [0.5, 0.6) is 0 Å². The minimum atomic E-state index is -0.257. The highest BCUT2D eigenvalue weighted by atomic mass is 79.9. The molecule has 2 atom stereocenters. The van der Waals surface area contributed by atoms with Gasteiger partial charge >= 0.3 is 0 Å². The molecule has 1 saturated carbocycles. The summed E-state index contributed by atoms with van der Waals surface area (Å²) in [5, 5.41) is -0.257. The zero-order valence-electron chi connectivity index (χ0n) is 11.7. The third-order valence-electron chi connectivity index (χ3n) is 3.51. The monoisotopic (exact) mass is 378 g/mol. The maximum atomic E-state index is 13.5. The van der Waals surface area contributed by atoms with E-state index in [1.165, 1.54) is 7.11 Å². The number of benzene rings is 1. The van der Waals surface area contributed by atoms with E-state index in [0.29, 0.717) is 10.9 Å². The molecule has 1 aromatic rings. The number of rotatable bonds is 3. The summed E-state index contributed by atoms with van der Waals surface area (Å²) in [6.07, 6.45) is 3.58. The van der Waals surface area contributed by atoms with Crippen molar-refractivity contribution in [1.29, 1.82) is 0 Å². The summed E-state index contributed by atoms with van der Waals surface area (Å²) in [6, 6.07) is 5.19. The lowest BCUT2D eigenvalue weighted by atomic mass is 9.78. The van der Waals surface area contributed by atoms with Crippen molar-refractivity contribution in [3.63, 3.8) is 0 Å². The lowest BCUT2D eigenvalue weighted by molar-refractivity contribution is -0.126. The highest BCUT2D eigenvalue weighted by molar-refractivity contribution is 9.10. The van der Waals surface area contributed by atoms with E-state index >= 15 is 0 Å². The number of methoxy groups -OCH3 is 1. The minimum Gasteiger partial charge on any atom is -0.471 e. The Labute approximate surface area is 136 Å². The van der Waals surface area contributed by atoms with Crippen LogP contribution in [-0.2, 0) is 14.3 Å². The second-order valence-electron chi connectivity index (χ2n) is 4.87. The van der Waals surface area contributed by atoms with E-state index in [2.05, 4.69) is 20.7 Å². The Morgan fingerprint density at radius 1 is 1.48 bits per heavy atom. The first-order valence-corrected chi connectivity index (χ1v) is 7.77. The van der Waals surface area contributed by atoms with E-state index in [0.717, 1.165) is 31.2 Å². The van der Waals surface area contributed by atoms with E-state index in [-0.39, 0.29) is 22.9 Å². The van der Waals surface area contributed by atoms with Crippen LogP contribution in [0.2, 0.25) is 0 Å². The summed E-state index contributed by atoms with van der Waals surface area (Å²) in [6.45, 7) is 0.375. The van der Waals surface area contributed by atoms with Crippen molar-refractivity contribution in [3.8, 4) is 0 Å². The normalized spacial score (nSPS) is 21.0. The molecule has 0 aliphatic heterocycles. The molecular formula is C15H17BrClFO3. The molecule has 1 aromatic carbocycles. The lowest BCUT2D eigenvalue weighted by Gasteiger charge is -2.27. The molecule has 0 radical (unpaired) electrons. The maximum absolute atomic E-state index is 13.5. The molecular weight excluding hydrogens is 363 g/mol. The van der Waals surface area contributed by atoms with Gasteiger partial charge in [0.05, 0.1) is 11.6 Å². The molecule has 2 unspecified atom stereocenters. The molecule has 0 heterocycles. The summed E-state index contributed by atoms with van der Waals surface area (Å²) in [5.41, 5.74) is 0.966. The molecule has 0 N–H and O–H groups in total. The van der Waals surface area contributed by atoms with Gasteiger partial charge in [0.1, 0.15) is 5.82 Å². The van der Waals surface area contributed by atoms with Gasteiger partial charge in [-0.05, 0) is 70.4 Å². The average Bonchev–Trinajstić information content (AvgIpc) is 2.50. The number of hydrogen-bond acceptors (Lipinski definition) is 3. The van der Waals surface area contributed by atoms with Crippen molar-refractivity contribution in [1.82, 2.24) is 0 Å². The number of halogens is 3. The van der Waals surface area contributed by atoms with Gasteiger partial charge in [-0.1, -0.05) is 12.5 Å². The first-order valence-electron chi connectivity index (χ1n) is 6.60. The van der Waals surface area contributed by atoms with Gasteiger partial charge in [-0.25, -0.2) is 4.39 Å². The second kappa shape index (κ2) is 9.15. The fourth-order valence-electron chi connectivity index (χ4n) is 2.46. The topological polar surface area (TPSA) is 43.4 Å². The molecule has 1 aliphatic rings. The smallest absolute Gasteiger partial charge is 0.292 e. The lowest BCUT2D eigenvalue weighted by Crippen LogP contribution is -2.18. The van der Waals surface area contributed by atoms with Crippen molar-refractivity contribution < 1.29 is 18.7 Å². The molecule has 0 aromatic heterocycles. The minimum absolute atomic E-state index is 0.0675. The van der Waals surface area contributed by atoms with Gasteiger partial charge < -0.3 is 4.74 Å². The summed E-state index contributed by atoms with van der Waals surface area (Å²) >= 11 is 8.68. The van der Waals surface area contributed by atoms with Gasteiger partial charge in [0.15, 0.2) is 0 Å². The Bertz CT molecular complexity index is 496. The molecule has 0 spiro atoms. The molecule has 1 fully saturated rings. The zero-order chi connectivity index (χ0) is 15.8. The molecule has 0 amide bonds. The van der Waals surface area contributed by atoms with Crippen LogP contribution in [0.3, 0.4) is 0 Å². The van der Waals surface area contributed by atoms with Crippen LogP contribution in [0, 0.1) is 11.7 Å². The Kier molecular flexibility index (Phi) is 7.89. The fourth-order valence-corrected chi connectivity index (χ4v) is 2.91. The third kappa shape index (κ3) is 5.75. The van der Waals surface area contributed by atoms with E-state index < -0.39 is 0 Å². The molecule has 0 bridgehead atoms. The van der Waals surface area contributed by atoms with Crippen LogP contribution in [0.15, 0.2) is 22.7 Å². The largest absolute Gasteiger partial charge is 0.471 e. The van der Waals surface area contributed by atoms with E-state index in [9.17, 15) is 9.18 Å². The molecule has 0 saturated heterocycles. The van der Waals surface area contributed by atoms with Gasteiger partial charge in [0.2, 0.25) is 5.24 Å². The summed E-state index contributed by atoms with van der Waals surface area (Å²) in [5.74, 6) is -0.0667. The zero-order valence-corrected chi connectivity index (χ0v) is 14.0. The predicted molar refractivity (Wildman–Crippen MR) is 82.7 cm³/mol. The molecule has 116 valence electrons. The van der Waals surface area contributed by atoms with Crippen LogP contribution >= 0.6 is 27.5 Å². The van der Waals surface area contributed by atoms with Gasteiger partial charge in [-0.3, -0.25) is 9.59 Å². The summed E-state index contributed by atoms with van der Waals surface area (Å²) in [7, 11) is 1.31. The second-order valence-corrected chi connectivity index (χ2v) is 6.10. The SMILES string of the molecule is COC=O.O=C(Cl)C1CCCC(c2ccc(Br)c(F)c2)C1. The number of carbonyl (C=O) groups excluding carboxylic acids is 2. The number of carbonyl (C=O) groups is 2. The number of ether oxygens (including phenoxy) is 1. The van der Waals surface area contributed by atoms with E-state index in [4.69, 9.17) is 16.4 Å². The fraction of sp³-hybridized carbons (Fsp3) is 0.467. The van der Waals surface area contributed by atoms with Crippen molar-refractivity contribution in [2.24, 2.45) is 5.92 Å². The van der Waals surface area contributed by atoms with E-state index in [1.807, 2.05) is 6.07 Å².